The van der Waals surface area contributed by atoms with Crippen molar-refractivity contribution in [3.05, 3.63) is 51.2 Å². The van der Waals surface area contributed by atoms with Crippen molar-refractivity contribution < 1.29 is 9.72 Å². The molecule has 0 radical (unpaired) electrons. The highest BCUT2D eigenvalue weighted by Gasteiger charge is 2.38. The number of carbonyl (C=O) groups is 1. The van der Waals surface area contributed by atoms with Crippen LogP contribution in [-0.2, 0) is 4.79 Å². The van der Waals surface area contributed by atoms with Crippen molar-refractivity contribution in [3.8, 4) is 0 Å². The first-order valence-electron chi connectivity index (χ1n) is 8.26. The Morgan fingerprint density at radius 3 is 2.69 bits per heavy atom. The molecule has 0 unspecified atom stereocenters. The largest absolute Gasteiger partial charge is 0.328 e. The minimum Gasteiger partial charge on any atom is -0.328 e. The van der Waals surface area contributed by atoms with Crippen molar-refractivity contribution in [3.63, 3.8) is 0 Å². The predicted molar refractivity (Wildman–Crippen MR) is 97.1 cm³/mol. The molecule has 134 valence electrons. The van der Waals surface area contributed by atoms with Crippen molar-refractivity contribution in [2.24, 2.45) is 5.92 Å². The molecule has 2 atom stereocenters. The molecule has 0 spiro atoms. The molecule has 1 aliphatic heterocycles. The van der Waals surface area contributed by atoms with Gasteiger partial charge in [0.2, 0.25) is 11.1 Å². The maximum absolute atomic E-state index is 12.8. The molecule has 4 rings (SSSR count). The number of nitro groups is 1. The van der Waals surface area contributed by atoms with Crippen LogP contribution in [0.3, 0.4) is 0 Å². The number of Topliss-reactive ketones (excluding diaryl/α,β-unsaturated/α-hetero) is 1. The van der Waals surface area contributed by atoms with E-state index in [-0.39, 0.29) is 17.4 Å². The normalized spacial score (nSPS) is 21.8. The Kier molecular flexibility index (Phi) is 4.03. The van der Waals surface area contributed by atoms with Gasteiger partial charge >= 0.3 is 0 Å². The lowest BCUT2D eigenvalue weighted by Crippen LogP contribution is -2.33. The van der Waals surface area contributed by atoms with Crippen LogP contribution in [0.15, 0.2) is 40.7 Å². The molecule has 0 bridgehead atoms. The Bertz CT molecular complexity index is 934. The number of nitrogens with zero attached hydrogens (tertiary/aromatic N) is 4. The standard InChI is InChI=1S/C17H17N5O3S/c1-9-7-12-14(13(23)8-9)15(10-3-5-11(6-4-10)22(24)25)21-16(18-12)19-17(20-21)26-2/h3-6,9,15H,7-8H2,1-2H3,(H,18,19,20)/t9-,15-/m0/s1. The number of anilines is 1. The fraction of sp³-hybridized carbons (Fsp3) is 0.353. The monoisotopic (exact) mass is 371 g/mol. The topological polar surface area (TPSA) is 103 Å². The van der Waals surface area contributed by atoms with E-state index in [0.717, 1.165) is 17.7 Å². The number of hydrogen-bond donors (Lipinski definition) is 1. The number of ketones is 1. The number of rotatable bonds is 3. The minimum absolute atomic E-state index is 0.0177. The van der Waals surface area contributed by atoms with Crippen molar-refractivity contribution >= 4 is 29.2 Å². The van der Waals surface area contributed by atoms with E-state index < -0.39 is 11.0 Å². The second-order valence-electron chi connectivity index (χ2n) is 6.57. The highest BCUT2D eigenvalue weighted by molar-refractivity contribution is 7.98. The minimum atomic E-state index is -0.433. The van der Waals surface area contributed by atoms with Gasteiger partial charge in [0.05, 0.1) is 4.92 Å². The van der Waals surface area contributed by atoms with Crippen molar-refractivity contribution in [2.45, 2.75) is 31.0 Å². The van der Waals surface area contributed by atoms with Gasteiger partial charge in [-0.2, -0.15) is 4.98 Å². The first-order chi connectivity index (χ1) is 12.5. The van der Waals surface area contributed by atoms with Crippen molar-refractivity contribution in [2.75, 3.05) is 11.6 Å². The molecule has 1 aliphatic carbocycles. The van der Waals surface area contributed by atoms with E-state index in [1.165, 1.54) is 23.9 Å². The summed E-state index contributed by atoms with van der Waals surface area (Å²) in [7, 11) is 0. The van der Waals surface area contributed by atoms with Gasteiger partial charge in [-0.1, -0.05) is 18.7 Å². The second-order valence-corrected chi connectivity index (χ2v) is 7.35. The Labute approximate surface area is 153 Å². The van der Waals surface area contributed by atoms with Gasteiger partial charge in [-0.15, -0.1) is 5.10 Å². The average molecular weight is 371 g/mol. The molecule has 1 N–H and O–H groups in total. The average Bonchev–Trinajstić information content (AvgIpc) is 3.02. The van der Waals surface area contributed by atoms with E-state index >= 15 is 0 Å². The van der Waals surface area contributed by atoms with Crippen LogP contribution in [0, 0.1) is 16.0 Å². The Morgan fingerprint density at radius 1 is 1.31 bits per heavy atom. The van der Waals surface area contributed by atoms with Crippen LogP contribution in [0.5, 0.6) is 0 Å². The van der Waals surface area contributed by atoms with Crippen LogP contribution in [0.2, 0.25) is 0 Å². The maximum Gasteiger partial charge on any atom is 0.269 e. The molecule has 1 aromatic carbocycles. The first-order valence-corrected chi connectivity index (χ1v) is 9.48. The molecule has 0 saturated heterocycles. The third-order valence-corrected chi connectivity index (χ3v) is 5.24. The number of thioether (sulfide) groups is 1. The molecule has 2 aliphatic rings. The van der Waals surface area contributed by atoms with E-state index in [9.17, 15) is 14.9 Å². The molecule has 0 amide bonds. The summed E-state index contributed by atoms with van der Waals surface area (Å²) >= 11 is 1.42. The summed E-state index contributed by atoms with van der Waals surface area (Å²) in [4.78, 5) is 27.8. The fourth-order valence-corrected chi connectivity index (χ4v) is 3.91. The lowest BCUT2D eigenvalue weighted by molar-refractivity contribution is -0.384. The van der Waals surface area contributed by atoms with Crippen LogP contribution in [0.1, 0.15) is 31.4 Å². The lowest BCUT2D eigenvalue weighted by Gasteiger charge is -2.34. The van der Waals surface area contributed by atoms with Crippen LogP contribution in [0.25, 0.3) is 0 Å². The number of fused-ring (bicyclic) bond motifs is 1. The van der Waals surface area contributed by atoms with Crippen LogP contribution < -0.4 is 5.32 Å². The van der Waals surface area contributed by atoms with Gasteiger partial charge in [0.1, 0.15) is 6.04 Å². The number of benzene rings is 1. The highest BCUT2D eigenvalue weighted by atomic mass is 32.2. The highest BCUT2D eigenvalue weighted by Crippen LogP contribution is 2.41. The fourth-order valence-electron chi connectivity index (χ4n) is 3.56. The molecule has 8 nitrogen and oxygen atoms in total. The zero-order valence-corrected chi connectivity index (χ0v) is 15.1. The van der Waals surface area contributed by atoms with Crippen LogP contribution in [0.4, 0.5) is 11.6 Å². The van der Waals surface area contributed by atoms with E-state index in [4.69, 9.17) is 0 Å². The van der Waals surface area contributed by atoms with Crippen molar-refractivity contribution in [1.82, 2.24) is 14.8 Å². The van der Waals surface area contributed by atoms with E-state index in [1.54, 1.807) is 16.8 Å². The number of hydrogen-bond acceptors (Lipinski definition) is 7. The summed E-state index contributed by atoms with van der Waals surface area (Å²) in [6, 6.07) is 5.87. The van der Waals surface area contributed by atoms with Gasteiger partial charge in [-0.05, 0) is 36.3 Å². The summed E-state index contributed by atoms with van der Waals surface area (Å²) < 4.78 is 1.71. The van der Waals surface area contributed by atoms with Gasteiger partial charge in [-0.3, -0.25) is 14.9 Å². The second kappa shape index (κ2) is 6.24. The SMILES string of the molecule is CSc1nc2n(n1)[C@@H](c1ccc([N+](=O)[O-])cc1)C1=C(C[C@H](C)CC1=O)N2. The van der Waals surface area contributed by atoms with Gasteiger partial charge in [0.25, 0.3) is 5.69 Å². The molecule has 26 heavy (non-hydrogen) atoms. The summed E-state index contributed by atoms with van der Waals surface area (Å²) in [5, 5.41) is 19.3. The zero-order chi connectivity index (χ0) is 18.4. The molecule has 2 aromatic rings. The first kappa shape index (κ1) is 16.8. The molecule has 0 fully saturated rings. The van der Waals surface area contributed by atoms with Crippen molar-refractivity contribution in [1.29, 1.82) is 0 Å². The molecule has 2 heterocycles. The number of nitro benzene ring substituents is 1. The molecular formula is C17H17N5O3S. The molecule has 9 heteroatoms. The van der Waals surface area contributed by atoms with Crippen LogP contribution >= 0.6 is 11.8 Å². The predicted octanol–water partition coefficient (Wildman–Crippen LogP) is 3.18. The Balaban J connectivity index is 1.86. The van der Waals surface area contributed by atoms with E-state index in [1.807, 2.05) is 6.26 Å². The number of non-ortho nitro benzene ring substituents is 1. The third kappa shape index (κ3) is 2.68. The smallest absolute Gasteiger partial charge is 0.269 e. The van der Waals surface area contributed by atoms with Crippen LogP contribution in [-0.4, -0.2) is 31.7 Å². The summed E-state index contributed by atoms with van der Waals surface area (Å²) in [6.07, 6.45) is 3.15. The zero-order valence-electron chi connectivity index (χ0n) is 14.3. The van der Waals surface area contributed by atoms with Gasteiger partial charge in [0.15, 0.2) is 5.78 Å². The Morgan fingerprint density at radius 2 is 2.04 bits per heavy atom. The van der Waals surface area contributed by atoms with Gasteiger partial charge in [0, 0.05) is 29.8 Å². The quantitative estimate of drug-likeness (QED) is 0.502. The van der Waals surface area contributed by atoms with Gasteiger partial charge in [-0.25, -0.2) is 4.68 Å². The third-order valence-electron chi connectivity index (χ3n) is 4.71. The van der Waals surface area contributed by atoms with Gasteiger partial charge < -0.3 is 5.32 Å². The van der Waals surface area contributed by atoms with E-state index in [2.05, 4.69) is 22.3 Å². The Hall–Kier alpha value is -2.68. The molecule has 0 saturated carbocycles. The number of carbonyl (C=O) groups excluding carboxylic acids is 1. The molecule has 1 aromatic heterocycles. The van der Waals surface area contributed by atoms with E-state index in [0.29, 0.717) is 23.1 Å². The number of allylic oxidation sites excluding steroid dienone is 2. The molecular weight excluding hydrogens is 354 g/mol. The maximum atomic E-state index is 12.8. The summed E-state index contributed by atoms with van der Waals surface area (Å²) in [6.45, 7) is 2.05. The lowest BCUT2D eigenvalue weighted by atomic mass is 9.81. The summed E-state index contributed by atoms with van der Waals surface area (Å²) in [5.74, 6) is 0.945. The number of nitrogens with one attached hydrogen (secondary N) is 1. The number of aromatic nitrogens is 3. The summed E-state index contributed by atoms with van der Waals surface area (Å²) in [5.41, 5.74) is 2.36.